The van der Waals surface area contributed by atoms with Crippen LogP contribution in [0.15, 0.2) is 36.7 Å². The molecule has 30 heavy (non-hydrogen) atoms. The average Bonchev–Trinajstić information content (AvgIpc) is 2.75. The molecule has 0 aliphatic rings. The topological polar surface area (TPSA) is 56.7 Å². The summed E-state index contributed by atoms with van der Waals surface area (Å²) >= 11 is 0. The number of aromatic nitrogens is 2. The third-order valence-corrected chi connectivity index (χ3v) is 4.95. The standard InChI is InChI=1S/C23H28FN3O3/c1-5-27(6-2)10-7-11-29-22-14-19-17(13-21(22)28-4)23(26-15-25-19)30-20-9-8-16(3)12-18(20)24/h8-9,12-15H,5-7,10-11H2,1-4H3. The van der Waals surface area contributed by atoms with Gasteiger partial charge in [-0.2, -0.15) is 0 Å². The van der Waals surface area contributed by atoms with Gasteiger partial charge in [0.2, 0.25) is 5.88 Å². The van der Waals surface area contributed by atoms with E-state index >= 15 is 0 Å². The number of methoxy groups -OCH3 is 1. The lowest BCUT2D eigenvalue weighted by Crippen LogP contribution is -2.25. The van der Waals surface area contributed by atoms with E-state index in [1.54, 1.807) is 31.4 Å². The highest BCUT2D eigenvalue weighted by Crippen LogP contribution is 2.36. The lowest BCUT2D eigenvalue weighted by Gasteiger charge is -2.18. The molecule has 0 saturated heterocycles. The van der Waals surface area contributed by atoms with Crippen molar-refractivity contribution in [3.63, 3.8) is 0 Å². The maximum atomic E-state index is 14.2. The van der Waals surface area contributed by atoms with Crippen LogP contribution in [0.25, 0.3) is 10.9 Å². The van der Waals surface area contributed by atoms with Gasteiger partial charge in [-0.25, -0.2) is 14.4 Å². The summed E-state index contributed by atoms with van der Waals surface area (Å²) in [6, 6.07) is 8.35. The molecule has 0 fully saturated rings. The Kier molecular flexibility index (Phi) is 7.41. The molecule has 3 rings (SSSR count). The van der Waals surface area contributed by atoms with E-state index < -0.39 is 5.82 Å². The number of nitrogens with zero attached hydrogens (tertiary/aromatic N) is 3. The molecule has 0 radical (unpaired) electrons. The molecule has 0 atom stereocenters. The first kappa shape index (κ1) is 21.8. The summed E-state index contributed by atoms with van der Waals surface area (Å²) in [6.07, 6.45) is 2.30. The highest BCUT2D eigenvalue weighted by atomic mass is 19.1. The first-order valence-electron chi connectivity index (χ1n) is 10.2. The monoisotopic (exact) mass is 413 g/mol. The lowest BCUT2D eigenvalue weighted by molar-refractivity contribution is 0.243. The third kappa shape index (κ3) is 5.16. The Labute approximate surface area is 176 Å². The van der Waals surface area contributed by atoms with Gasteiger partial charge in [-0.3, -0.25) is 0 Å². The van der Waals surface area contributed by atoms with E-state index in [0.717, 1.165) is 31.6 Å². The molecule has 160 valence electrons. The summed E-state index contributed by atoms with van der Waals surface area (Å²) in [7, 11) is 1.58. The number of benzene rings is 2. The van der Waals surface area contributed by atoms with E-state index in [1.165, 1.54) is 12.4 Å². The number of fused-ring (bicyclic) bond motifs is 1. The van der Waals surface area contributed by atoms with Crippen LogP contribution < -0.4 is 14.2 Å². The fourth-order valence-corrected chi connectivity index (χ4v) is 3.20. The van der Waals surface area contributed by atoms with Gasteiger partial charge in [-0.15, -0.1) is 0 Å². The molecule has 1 heterocycles. The van der Waals surface area contributed by atoms with E-state index in [2.05, 4.69) is 28.7 Å². The first-order chi connectivity index (χ1) is 14.5. The van der Waals surface area contributed by atoms with Gasteiger partial charge < -0.3 is 19.1 Å². The van der Waals surface area contributed by atoms with Crippen molar-refractivity contribution in [1.82, 2.24) is 14.9 Å². The maximum absolute atomic E-state index is 14.2. The predicted octanol–water partition coefficient (Wildman–Crippen LogP) is 4.99. The van der Waals surface area contributed by atoms with Gasteiger partial charge in [0.15, 0.2) is 23.1 Å². The van der Waals surface area contributed by atoms with Crippen molar-refractivity contribution >= 4 is 10.9 Å². The molecule has 6 nitrogen and oxygen atoms in total. The normalized spacial score (nSPS) is 11.1. The third-order valence-electron chi connectivity index (χ3n) is 4.95. The van der Waals surface area contributed by atoms with Crippen molar-refractivity contribution in [3.8, 4) is 23.1 Å². The second-order valence-electron chi connectivity index (χ2n) is 6.96. The quantitative estimate of drug-likeness (QED) is 0.437. The van der Waals surface area contributed by atoms with Crippen molar-refractivity contribution in [2.45, 2.75) is 27.2 Å². The molecule has 0 aliphatic heterocycles. The van der Waals surface area contributed by atoms with Crippen molar-refractivity contribution in [2.24, 2.45) is 0 Å². The van der Waals surface area contributed by atoms with Crippen LogP contribution in [0.5, 0.6) is 23.1 Å². The zero-order valence-electron chi connectivity index (χ0n) is 17.9. The molecule has 0 bridgehead atoms. The Bertz CT molecular complexity index is 993. The van der Waals surface area contributed by atoms with E-state index in [-0.39, 0.29) is 11.6 Å². The predicted molar refractivity (Wildman–Crippen MR) is 115 cm³/mol. The minimum atomic E-state index is -0.443. The van der Waals surface area contributed by atoms with E-state index in [0.29, 0.717) is 29.0 Å². The summed E-state index contributed by atoms with van der Waals surface area (Å²) in [5, 5.41) is 0.616. The largest absolute Gasteiger partial charge is 0.493 e. The van der Waals surface area contributed by atoms with Crippen LogP contribution in [0.4, 0.5) is 4.39 Å². The molecule has 3 aromatic rings. The minimum absolute atomic E-state index is 0.108. The smallest absolute Gasteiger partial charge is 0.230 e. The molecule has 0 amide bonds. The Balaban J connectivity index is 1.81. The molecular weight excluding hydrogens is 385 g/mol. The van der Waals surface area contributed by atoms with Crippen LogP contribution in [0, 0.1) is 12.7 Å². The van der Waals surface area contributed by atoms with Crippen LogP contribution >= 0.6 is 0 Å². The Morgan fingerprint density at radius 3 is 2.50 bits per heavy atom. The summed E-state index contributed by atoms with van der Waals surface area (Å²) in [4.78, 5) is 10.8. The molecule has 1 aromatic heterocycles. The zero-order chi connectivity index (χ0) is 21.5. The number of hydrogen-bond donors (Lipinski definition) is 0. The second-order valence-corrected chi connectivity index (χ2v) is 6.96. The summed E-state index contributed by atoms with van der Waals surface area (Å²) in [6.45, 7) is 9.72. The zero-order valence-corrected chi connectivity index (χ0v) is 17.9. The van der Waals surface area contributed by atoms with Gasteiger partial charge in [0, 0.05) is 12.6 Å². The Hall–Kier alpha value is -2.93. The van der Waals surface area contributed by atoms with Crippen LogP contribution in [0.1, 0.15) is 25.8 Å². The molecule has 0 N–H and O–H groups in total. The van der Waals surface area contributed by atoms with Gasteiger partial charge in [-0.1, -0.05) is 19.9 Å². The van der Waals surface area contributed by atoms with Gasteiger partial charge in [-0.05, 0) is 50.2 Å². The van der Waals surface area contributed by atoms with Crippen molar-refractivity contribution in [1.29, 1.82) is 0 Å². The van der Waals surface area contributed by atoms with Crippen LogP contribution in [0.2, 0.25) is 0 Å². The number of hydrogen-bond acceptors (Lipinski definition) is 6. The molecule has 0 saturated carbocycles. The van der Waals surface area contributed by atoms with Crippen molar-refractivity contribution in [2.75, 3.05) is 33.4 Å². The van der Waals surface area contributed by atoms with Crippen molar-refractivity contribution < 1.29 is 18.6 Å². The Morgan fingerprint density at radius 2 is 1.80 bits per heavy atom. The Morgan fingerprint density at radius 1 is 1.00 bits per heavy atom. The molecule has 0 spiro atoms. The maximum Gasteiger partial charge on any atom is 0.230 e. The van der Waals surface area contributed by atoms with Gasteiger partial charge >= 0.3 is 0 Å². The van der Waals surface area contributed by atoms with Gasteiger partial charge in [0.25, 0.3) is 0 Å². The molecule has 2 aromatic carbocycles. The second kappa shape index (κ2) is 10.2. The fourth-order valence-electron chi connectivity index (χ4n) is 3.20. The molecule has 7 heteroatoms. The van der Waals surface area contributed by atoms with E-state index in [9.17, 15) is 4.39 Å². The summed E-state index contributed by atoms with van der Waals surface area (Å²) < 4.78 is 31.4. The number of aryl methyl sites for hydroxylation is 1. The van der Waals surface area contributed by atoms with E-state index in [1.807, 2.05) is 6.92 Å². The average molecular weight is 413 g/mol. The molecule has 0 aliphatic carbocycles. The number of rotatable bonds is 10. The molecular formula is C23H28FN3O3. The summed E-state index contributed by atoms with van der Waals surface area (Å²) in [5.41, 5.74) is 1.45. The first-order valence-corrected chi connectivity index (χ1v) is 10.2. The summed E-state index contributed by atoms with van der Waals surface area (Å²) in [5.74, 6) is 1.08. The number of halogens is 1. The van der Waals surface area contributed by atoms with Gasteiger partial charge in [0.05, 0.1) is 24.6 Å². The SMILES string of the molecule is CCN(CC)CCCOc1cc2ncnc(Oc3ccc(C)cc3F)c2cc1OC. The van der Waals surface area contributed by atoms with Gasteiger partial charge in [0.1, 0.15) is 6.33 Å². The fraction of sp³-hybridized carbons (Fsp3) is 0.391. The minimum Gasteiger partial charge on any atom is -0.493 e. The van der Waals surface area contributed by atoms with Crippen molar-refractivity contribution in [3.05, 3.63) is 48.0 Å². The number of ether oxygens (including phenoxy) is 3. The van der Waals surface area contributed by atoms with E-state index in [4.69, 9.17) is 14.2 Å². The van der Waals surface area contributed by atoms with Crippen LogP contribution in [-0.2, 0) is 0 Å². The van der Waals surface area contributed by atoms with Crippen LogP contribution in [-0.4, -0.2) is 48.2 Å². The van der Waals surface area contributed by atoms with Crippen LogP contribution in [0.3, 0.4) is 0 Å². The highest BCUT2D eigenvalue weighted by Gasteiger charge is 2.14. The lowest BCUT2D eigenvalue weighted by atomic mass is 10.2. The highest BCUT2D eigenvalue weighted by molar-refractivity contribution is 5.87. The molecule has 0 unspecified atom stereocenters.